The van der Waals surface area contributed by atoms with Crippen molar-refractivity contribution in [2.75, 3.05) is 12.3 Å². The van der Waals surface area contributed by atoms with E-state index in [0.29, 0.717) is 0 Å². The summed E-state index contributed by atoms with van der Waals surface area (Å²) in [6.45, 7) is 8.37. The van der Waals surface area contributed by atoms with Gasteiger partial charge < -0.3 is 24.7 Å². The van der Waals surface area contributed by atoms with Crippen LogP contribution in [0.5, 0.6) is 5.75 Å². The maximum atomic E-state index is 15.4. The third kappa shape index (κ3) is 5.70. The van der Waals surface area contributed by atoms with Crippen molar-refractivity contribution in [1.29, 1.82) is 0 Å². The Morgan fingerprint density at radius 1 is 1.26 bits per heavy atom. The summed E-state index contributed by atoms with van der Waals surface area (Å²) < 4.78 is 47.0. The van der Waals surface area contributed by atoms with Gasteiger partial charge in [0.2, 0.25) is 0 Å². The standard InChI is InChI=1S/C24H30FN6O6P/c1-13(2)36-24(33)15(4)30-38(34,37-16-8-6-5-7-9-16)35-10-17-14(3)20(18(25)21(17)32)31-12-29-19-22(26)27-11-28-23(19)31/h5-9,11-13,15,17-18,20-21,32H,3,10H2,1-2,4H3,(H,30,34)(H2,26,27,28)/t15-,17+,18?,20-,21?,38?/m1/s1. The Labute approximate surface area is 218 Å². The monoisotopic (exact) mass is 548 g/mol. The molecule has 38 heavy (non-hydrogen) atoms. The molecule has 1 aromatic carbocycles. The number of ether oxygens (including phenoxy) is 1. The van der Waals surface area contributed by atoms with E-state index in [9.17, 15) is 14.5 Å². The molecule has 4 N–H and O–H groups in total. The van der Waals surface area contributed by atoms with Crippen LogP contribution < -0.4 is 15.3 Å². The zero-order valence-corrected chi connectivity index (χ0v) is 22.0. The average Bonchev–Trinajstić information content (AvgIpc) is 3.37. The molecule has 0 aliphatic heterocycles. The molecule has 204 valence electrons. The van der Waals surface area contributed by atoms with E-state index in [1.807, 2.05) is 0 Å². The summed E-state index contributed by atoms with van der Waals surface area (Å²) in [6, 6.07) is 6.10. The Morgan fingerprint density at radius 3 is 2.66 bits per heavy atom. The van der Waals surface area contributed by atoms with E-state index in [0.717, 1.165) is 0 Å². The number of aromatic nitrogens is 4. The van der Waals surface area contributed by atoms with Crippen LogP contribution in [-0.4, -0.2) is 61.6 Å². The summed E-state index contributed by atoms with van der Waals surface area (Å²) in [4.78, 5) is 24.5. The second-order valence-electron chi connectivity index (χ2n) is 9.18. The molecular weight excluding hydrogens is 518 g/mol. The van der Waals surface area contributed by atoms with Crippen molar-refractivity contribution in [3.63, 3.8) is 0 Å². The highest BCUT2D eigenvalue weighted by molar-refractivity contribution is 7.52. The number of fused-ring (bicyclic) bond motifs is 1. The first-order chi connectivity index (χ1) is 18.0. The van der Waals surface area contributed by atoms with Crippen molar-refractivity contribution >= 4 is 30.7 Å². The number of nitrogens with zero attached hydrogens (tertiary/aromatic N) is 4. The fraction of sp³-hybridized carbons (Fsp3) is 0.417. The molecule has 3 unspecified atom stereocenters. The van der Waals surface area contributed by atoms with Crippen molar-refractivity contribution in [2.24, 2.45) is 5.92 Å². The molecule has 1 aliphatic carbocycles. The number of nitrogen functional groups attached to an aromatic ring is 1. The van der Waals surface area contributed by atoms with E-state index in [1.165, 1.54) is 24.1 Å². The predicted octanol–water partition coefficient (Wildman–Crippen LogP) is 2.97. The van der Waals surface area contributed by atoms with Gasteiger partial charge in [0, 0.05) is 5.92 Å². The number of para-hydroxylation sites is 1. The van der Waals surface area contributed by atoms with Crippen LogP contribution in [-0.2, 0) is 18.6 Å². The molecule has 0 radical (unpaired) electrons. The summed E-state index contributed by atoms with van der Waals surface area (Å²) in [5, 5.41) is 13.3. The molecule has 12 nitrogen and oxygen atoms in total. The van der Waals surface area contributed by atoms with Crippen LogP contribution in [0.1, 0.15) is 26.8 Å². The molecule has 1 saturated carbocycles. The number of nitrogens with two attached hydrogens (primary N) is 1. The highest BCUT2D eigenvalue weighted by atomic mass is 31.2. The van der Waals surface area contributed by atoms with E-state index >= 15 is 4.39 Å². The Bertz CT molecular complexity index is 1350. The number of imidazole rings is 1. The molecule has 4 rings (SSSR count). The molecule has 14 heteroatoms. The minimum absolute atomic E-state index is 0.128. The van der Waals surface area contributed by atoms with Gasteiger partial charge >= 0.3 is 13.7 Å². The summed E-state index contributed by atoms with van der Waals surface area (Å²) in [7, 11) is -4.23. The van der Waals surface area contributed by atoms with Crippen LogP contribution in [0.3, 0.4) is 0 Å². The second-order valence-corrected chi connectivity index (χ2v) is 10.9. The van der Waals surface area contributed by atoms with Crippen LogP contribution in [0, 0.1) is 5.92 Å². The number of nitrogens with one attached hydrogen (secondary N) is 1. The van der Waals surface area contributed by atoms with Gasteiger partial charge in [-0.15, -0.1) is 0 Å². The lowest BCUT2D eigenvalue weighted by atomic mass is 10.0. The zero-order valence-electron chi connectivity index (χ0n) is 21.1. The predicted molar refractivity (Wildman–Crippen MR) is 137 cm³/mol. The first-order valence-corrected chi connectivity index (χ1v) is 13.5. The van der Waals surface area contributed by atoms with Crippen LogP contribution in [0.2, 0.25) is 0 Å². The third-order valence-electron chi connectivity index (χ3n) is 6.03. The molecule has 1 aliphatic rings. The summed E-state index contributed by atoms with van der Waals surface area (Å²) in [5.74, 6) is -1.30. The van der Waals surface area contributed by atoms with Crippen LogP contribution in [0.25, 0.3) is 11.2 Å². The molecule has 1 fully saturated rings. The molecule has 6 atom stereocenters. The van der Waals surface area contributed by atoms with Crippen molar-refractivity contribution in [2.45, 2.75) is 51.2 Å². The SMILES string of the molecule is C=C1[C@@H](n2cnc3c(N)ncnc32)C(F)C(O)[C@H]1COP(=O)(N[C@H](C)C(=O)OC(C)C)Oc1ccccc1. The topological polar surface area (TPSA) is 164 Å². The Balaban J connectivity index is 1.55. The van der Waals surface area contributed by atoms with Gasteiger partial charge in [0.1, 0.15) is 23.6 Å². The van der Waals surface area contributed by atoms with Crippen molar-refractivity contribution < 1.29 is 32.6 Å². The lowest BCUT2D eigenvalue weighted by Gasteiger charge is -2.25. The van der Waals surface area contributed by atoms with Gasteiger partial charge in [-0.05, 0) is 38.5 Å². The van der Waals surface area contributed by atoms with Crippen LogP contribution in [0.15, 0.2) is 55.1 Å². The highest BCUT2D eigenvalue weighted by Crippen LogP contribution is 2.49. The van der Waals surface area contributed by atoms with Gasteiger partial charge in [0.05, 0.1) is 31.2 Å². The van der Waals surface area contributed by atoms with E-state index in [1.54, 1.807) is 44.2 Å². The number of benzene rings is 1. The van der Waals surface area contributed by atoms with Crippen molar-refractivity contribution in [3.8, 4) is 5.75 Å². The highest BCUT2D eigenvalue weighted by Gasteiger charge is 2.48. The number of aliphatic hydroxyl groups is 1. The van der Waals surface area contributed by atoms with Crippen LogP contribution >= 0.6 is 7.75 Å². The number of aliphatic hydroxyl groups excluding tert-OH is 1. The molecular formula is C24H30FN6O6P. The minimum atomic E-state index is -4.23. The van der Waals surface area contributed by atoms with Crippen molar-refractivity contribution in [3.05, 3.63) is 55.1 Å². The van der Waals surface area contributed by atoms with E-state index in [4.69, 9.17) is 19.5 Å². The summed E-state index contributed by atoms with van der Waals surface area (Å²) in [6.07, 6.45) is -1.16. The van der Waals surface area contributed by atoms with E-state index < -0.39 is 56.7 Å². The number of hydrogen-bond donors (Lipinski definition) is 3. The molecule has 2 aromatic heterocycles. The number of halogens is 1. The summed E-state index contributed by atoms with van der Waals surface area (Å²) >= 11 is 0. The van der Waals surface area contributed by atoms with E-state index in [-0.39, 0.29) is 28.3 Å². The second kappa shape index (κ2) is 11.2. The first-order valence-electron chi connectivity index (χ1n) is 11.9. The molecule has 0 amide bonds. The quantitative estimate of drug-likeness (QED) is 0.194. The molecule has 0 bridgehead atoms. The minimum Gasteiger partial charge on any atom is -0.462 e. The number of anilines is 1. The third-order valence-corrected chi connectivity index (χ3v) is 7.68. The van der Waals surface area contributed by atoms with Crippen LogP contribution in [0.4, 0.5) is 10.2 Å². The molecule has 0 spiro atoms. The maximum Gasteiger partial charge on any atom is 0.459 e. The Morgan fingerprint density at radius 2 is 1.97 bits per heavy atom. The maximum absolute atomic E-state index is 15.4. The Kier molecular flexibility index (Phi) is 8.12. The number of carbonyl (C=O) groups is 1. The summed E-state index contributed by atoms with van der Waals surface area (Å²) in [5.41, 5.74) is 6.67. The molecule has 3 aromatic rings. The van der Waals surface area contributed by atoms with Gasteiger partial charge in [0.15, 0.2) is 17.6 Å². The number of carbonyl (C=O) groups excluding carboxylic acids is 1. The number of rotatable bonds is 10. The molecule has 2 heterocycles. The number of hydrogen-bond acceptors (Lipinski definition) is 10. The fourth-order valence-corrected chi connectivity index (χ4v) is 5.69. The smallest absolute Gasteiger partial charge is 0.459 e. The average molecular weight is 549 g/mol. The van der Waals surface area contributed by atoms with Gasteiger partial charge in [-0.2, -0.15) is 5.09 Å². The largest absolute Gasteiger partial charge is 0.462 e. The van der Waals surface area contributed by atoms with E-state index in [2.05, 4.69) is 26.6 Å². The lowest BCUT2D eigenvalue weighted by Crippen LogP contribution is -2.37. The fourth-order valence-electron chi connectivity index (χ4n) is 4.18. The van der Waals surface area contributed by atoms with Gasteiger partial charge in [-0.3, -0.25) is 9.32 Å². The molecule has 0 saturated heterocycles. The number of alkyl halides is 1. The van der Waals surface area contributed by atoms with Gasteiger partial charge in [0.25, 0.3) is 0 Å². The van der Waals surface area contributed by atoms with Gasteiger partial charge in [-0.25, -0.2) is 23.9 Å². The first kappa shape index (κ1) is 27.6. The normalized spacial score (nSPS) is 23.9. The Hall–Kier alpha value is -3.38. The van der Waals surface area contributed by atoms with Crippen molar-refractivity contribution in [1.82, 2.24) is 24.6 Å². The van der Waals surface area contributed by atoms with Gasteiger partial charge in [-0.1, -0.05) is 24.8 Å². The number of esters is 1. The lowest BCUT2D eigenvalue weighted by molar-refractivity contribution is -0.149. The zero-order chi connectivity index (χ0) is 27.6.